The monoisotopic (exact) mass is 315 g/mol. The van der Waals surface area contributed by atoms with E-state index in [9.17, 15) is 0 Å². The number of rotatable bonds is 2. The third kappa shape index (κ3) is 2.41. The Labute approximate surface area is 101 Å². The van der Waals surface area contributed by atoms with E-state index in [4.69, 9.17) is 10.5 Å². The highest BCUT2D eigenvalue weighted by atomic mass is 127. The summed E-state index contributed by atoms with van der Waals surface area (Å²) in [5, 5.41) is 4.10. The Morgan fingerprint density at radius 2 is 2.27 bits per heavy atom. The van der Waals surface area contributed by atoms with Crippen molar-refractivity contribution in [3.8, 4) is 11.6 Å². The number of nitrogens with zero attached hydrogens (tertiary/aromatic N) is 2. The van der Waals surface area contributed by atoms with E-state index in [0.717, 1.165) is 9.32 Å². The molecule has 5 heteroatoms. The quantitative estimate of drug-likeness (QED) is 0.866. The van der Waals surface area contributed by atoms with E-state index in [0.29, 0.717) is 11.6 Å². The minimum absolute atomic E-state index is 0.444. The van der Waals surface area contributed by atoms with Gasteiger partial charge in [-0.3, -0.25) is 4.68 Å². The van der Waals surface area contributed by atoms with E-state index in [-0.39, 0.29) is 0 Å². The second-order valence-electron chi connectivity index (χ2n) is 3.12. The number of hydrogen-bond acceptors (Lipinski definition) is 3. The number of halogens is 1. The van der Waals surface area contributed by atoms with Crippen molar-refractivity contribution >= 4 is 28.3 Å². The van der Waals surface area contributed by atoms with Crippen LogP contribution in [0.1, 0.15) is 0 Å². The fourth-order valence-corrected chi connectivity index (χ4v) is 1.72. The molecule has 0 aliphatic rings. The first-order valence-electron chi connectivity index (χ1n) is 4.37. The fraction of sp³-hybridized carbons (Fsp3) is 0.100. The van der Waals surface area contributed by atoms with Gasteiger partial charge >= 0.3 is 0 Å². The molecule has 0 spiro atoms. The maximum absolute atomic E-state index is 5.72. The van der Waals surface area contributed by atoms with Gasteiger partial charge in [0.25, 0.3) is 5.88 Å². The molecule has 0 aliphatic heterocycles. The van der Waals surface area contributed by atoms with Gasteiger partial charge in [0, 0.05) is 10.6 Å². The van der Waals surface area contributed by atoms with Crippen molar-refractivity contribution in [2.24, 2.45) is 7.05 Å². The molecule has 1 aromatic carbocycles. The normalized spacial score (nSPS) is 10.3. The third-order valence-corrected chi connectivity index (χ3v) is 2.50. The van der Waals surface area contributed by atoms with Crippen LogP contribution in [0.5, 0.6) is 11.6 Å². The van der Waals surface area contributed by atoms with Crippen LogP contribution in [-0.4, -0.2) is 9.78 Å². The molecule has 15 heavy (non-hydrogen) atoms. The molecular formula is C10H10IN3O. The molecule has 0 saturated heterocycles. The van der Waals surface area contributed by atoms with Crippen molar-refractivity contribution in [3.05, 3.63) is 34.0 Å². The maximum atomic E-state index is 5.72. The summed E-state index contributed by atoms with van der Waals surface area (Å²) in [5.74, 6) is 1.19. The molecule has 0 fully saturated rings. The summed E-state index contributed by atoms with van der Waals surface area (Å²) in [6.07, 6.45) is 1.71. The van der Waals surface area contributed by atoms with Gasteiger partial charge < -0.3 is 10.5 Å². The van der Waals surface area contributed by atoms with E-state index in [1.165, 1.54) is 0 Å². The van der Waals surface area contributed by atoms with Crippen LogP contribution >= 0.6 is 22.6 Å². The predicted octanol–water partition coefficient (Wildman–Crippen LogP) is 2.40. The number of aryl methyl sites for hydroxylation is 1. The van der Waals surface area contributed by atoms with Gasteiger partial charge in [0.2, 0.25) is 0 Å². The molecule has 0 amide bonds. The van der Waals surface area contributed by atoms with Gasteiger partial charge in [-0.25, -0.2) is 0 Å². The summed E-state index contributed by atoms with van der Waals surface area (Å²) in [6, 6.07) is 7.72. The van der Waals surface area contributed by atoms with Crippen molar-refractivity contribution in [1.29, 1.82) is 0 Å². The van der Waals surface area contributed by atoms with Crippen molar-refractivity contribution < 1.29 is 4.74 Å². The predicted molar refractivity (Wildman–Crippen MR) is 66.9 cm³/mol. The Morgan fingerprint density at radius 3 is 2.87 bits per heavy atom. The van der Waals surface area contributed by atoms with Crippen LogP contribution in [-0.2, 0) is 7.05 Å². The molecule has 2 aromatic rings. The van der Waals surface area contributed by atoms with Crippen LogP contribution in [0, 0.1) is 3.57 Å². The highest BCUT2D eigenvalue weighted by molar-refractivity contribution is 14.1. The number of benzene rings is 1. The van der Waals surface area contributed by atoms with Crippen LogP contribution in [0.4, 0.5) is 5.69 Å². The topological polar surface area (TPSA) is 53.1 Å². The van der Waals surface area contributed by atoms with E-state index in [1.54, 1.807) is 17.9 Å². The number of nitrogen functional groups attached to an aromatic ring is 1. The molecule has 2 rings (SSSR count). The molecule has 78 valence electrons. The van der Waals surface area contributed by atoms with Crippen LogP contribution in [0.2, 0.25) is 0 Å². The molecule has 2 N–H and O–H groups in total. The number of anilines is 1. The second-order valence-corrected chi connectivity index (χ2v) is 4.37. The minimum atomic E-state index is 0.444. The molecule has 0 aliphatic carbocycles. The Kier molecular flexibility index (Phi) is 2.81. The maximum Gasteiger partial charge on any atom is 0.261 e. The molecule has 0 radical (unpaired) electrons. The largest absolute Gasteiger partial charge is 0.436 e. The molecule has 0 atom stereocenters. The van der Waals surface area contributed by atoms with E-state index < -0.39 is 0 Å². The smallest absolute Gasteiger partial charge is 0.261 e. The molecule has 1 aromatic heterocycles. The molecular weight excluding hydrogens is 305 g/mol. The highest BCUT2D eigenvalue weighted by Gasteiger charge is 2.06. The van der Waals surface area contributed by atoms with E-state index in [2.05, 4.69) is 27.7 Å². The molecule has 0 saturated carbocycles. The fourth-order valence-electron chi connectivity index (χ4n) is 1.21. The number of nitrogens with two attached hydrogens (primary N) is 1. The third-order valence-electron chi connectivity index (χ3n) is 1.83. The first-order valence-corrected chi connectivity index (χ1v) is 5.45. The summed E-state index contributed by atoms with van der Waals surface area (Å²) in [6.45, 7) is 0. The van der Waals surface area contributed by atoms with Gasteiger partial charge in [0.1, 0.15) is 11.4 Å². The molecule has 0 bridgehead atoms. The Hall–Kier alpha value is -1.24. The molecule has 0 unspecified atom stereocenters. The molecule has 4 nitrogen and oxygen atoms in total. The minimum Gasteiger partial charge on any atom is -0.436 e. The van der Waals surface area contributed by atoms with Crippen molar-refractivity contribution in [1.82, 2.24) is 9.78 Å². The van der Waals surface area contributed by atoms with Crippen molar-refractivity contribution in [2.75, 3.05) is 5.73 Å². The van der Waals surface area contributed by atoms with Crippen LogP contribution in [0.3, 0.4) is 0 Å². The SMILES string of the molecule is Cn1cc(N)c(Oc2cccc(I)c2)n1. The summed E-state index contributed by atoms with van der Waals surface area (Å²) >= 11 is 2.23. The van der Waals surface area contributed by atoms with Gasteiger partial charge in [-0.05, 0) is 40.8 Å². The van der Waals surface area contributed by atoms with Crippen LogP contribution in [0.15, 0.2) is 30.5 Å². The van der Waals surface area contributed by atoms with Crippen LogP contribution in [0.25, 0.3) is 0 Å². The lowest BCUT2D eigenvalue weighted by Gasteiger charge is -2.02. The van der Waals surface area contributed by atoms with Gasteiger partial charge in [0.05, 0.1) is 6.20 Å². The zero-order chi connectivity index (χ0) is 10.8. The van der Waals surface area contributed by atoms with E-state index in [1.807, 2.05) is 24.3 Å². The van der Waals surface area contributed by atoms with E-state index >= 15 is 0 Å². The summed E-state index contributed by atoms with van der Waals surface area (Å²) in [7, 11) is 1.80. The average Bonchev–Trinajstić information content (AvgIpc) is 2.45. The van der Waals surface area contributed by atoms with Gasteiger partial charge in [-0.2, -0.15) is 0 Å². The standard InChI is InChI=1S/C10H10IN3O/c1-14-6-9(12)10(13-14)15-8-4-2-3-7(11)5-8/h2-6H,12H2,1H3. The number of ether oxygens (including phenoxy) is 1. The second kappa shape index (κ2) is 4.09. The van der Waals surface area contributed by atoms with Gasteiger partial charge in [-0.1, -0.05) is 6.07 Å². The zero-order valence-electron chi connectivity index (χ0n) is 8.14. The Bertz CT molecular complexity index is 481. The lowest BCUT2D eigenvalue weighted by atomic mass is 10.3. The van der Waals surface area contributed by atoms with Gasteiger partial charge in [-0.15, -0.1) is 5.10 Å². The first kappa shape index (κ1) is 10.3. The molecule has 1 heterocycles. The first-order chi connectivity index (χ1) is 7.15. The lowest BCUT2D eigenvalue weighted by Crippen LogP contribution is -1.91. The van der Waals surface area contributed by atoms with Gasteiger partial charge in [0.15, 0.2) is 0 Å². The zero-order valence-corrected chi connectivity index (χ0v) is 10.3. The number of hydrogen-bond donors (Lipinski definition) is 1. The van der Waals surface area contributed by atoms with Crippen molar-refractivity contribution in [2.45, 2.75) is 0 Å². The Morgan fingerprint density at radius 1 is 1.47 bits per heavy atom. The lowest BCUT2D eigenvalue weighted by molar-refractivity contribution is 0.455. The van der Waals surface area contributed by atoms with Crippen LogP contribution < -0.4 is 10.5 Å². The van der Waals surface area contributed by atoms with Crippen molar-refractivity contribution in [3.63, 3.8) is 0 Å². The highest BCUT2D eigenvalue weighted by Crippen LogP contribution is 2.25. The number of aromatic nitrogens is 2. The Balaban J connectivity index is 2.25. The summed E-state index contributed by atoms with van der Waals surface area (Å²) < 4.78 is 8.28. The average molecular weight is 315 g/mol. The summed E-state index contributed by atoms with van der Waals surface area (Å²) in [4.78, 5) is 0. The summed E-state index contributed by atoms with van der Waals surface area (Å²) in [5.41, 5.74) is 6.26.